The molecule has 4 nitrogen and oxygen atoms in total. The second-order valence-electron chi connectivity index (χ2n) is 5.78. The number of rotatable bonds is 5. The second kappa shape index (κ2) is 5.78. The lowest BCUT2D eigenvalue weighted by Crippen LogP contribution is -2.39. The largest absolute Gasteiger partial charge is 0.492 e. The lowest BCUT2D eigenvalue weighted by Gasteiger charge is -2.31. The third-order valence-electron chi connectivity index (χ3n) is 4.10. The van der Waals surface area contributed by atoms with Crippen molar-refractivity contribution in [2.45, 2.75) is 38.1 Å². The number of nitrogens with two attached hydrogens (primary N) is 1. The van der Waals surface area contributed by atoms with Gasteiger partial charge < -0.3 is 15.4 Å². The summed E-state index contributed by atoms with van der Waals surface area (Å²) in [4.78, 5) is 6.65. The lowest BCUT2D eigenvalue weighted by atomic mass is 10.1. The highest BCUT2D eigenvalue weighted by Gasteiger charge is 2.21. The van der Waals surface area contributed by atoms with Crippen molar-refractivity contribution in [1.82, 2.24) is 4.98 Å². The Morgan fingerprint density at radius 3 is 2.74 bits per heavy atom. The molecule has 3 rings (SSSR count). The molecule has 1 aliphatic heterocycles. The fraction of sp³-hybridized carbons (Fsp3) is 0.667. The maximum Gasteiger partial charge on any atom is 0.139 e. The van der Waals surface area contributed by atoms with E-state index in [1.165, 1.54) is 19.3 Å². The number of piperidine rings is 1. The van der Waals surface area contributed by atoms with E-state index in [1.807, 2.05) is 12.4 Å². The van der Waals surface area contributed by atoms with E-state index in [0.717, 1.165) is 49.9 Å². The molecule has 19 heavy (non-hydrogen) atoms. The fourth-order valence-electron chi connectivity index (χ4n) is 2.57. The van der Waals surface area contributed by atoms with E-state index < -0.39 is 0 Å². The molecule has 0 amide bonds. The van der Waals surface area contributed by atoms with Crippen LogP contribution in [-0.4, -0.2) is 30.7 Å². The fourth-order valence-corrected chi connectivity index (χ4v) is 2.57. The Kier molecular flexibility index (Phi) is 3.87. The molecule has 1 aromatic rings. The minimum Gasteiger partial charge on any atom is -0.492 e. The Balaban J connectivity index is 1.55. The predicted octanol–water partition coefficient (Wildman–Crippen LogP) is 2.19. The summed E-state index contributed by atoms with van der Waals surface area (Å²) in [5.74, 6) is 1.81. The van der Waals surface area contributed by atoms with E-state index in [4.69, 9.17) is 10.5 Å². The van der Waals surface area contributed by atoms with E-state index in [9.17, 15) is 0 Å². The van der Waals surface area contributed by atoms with Crippen LogP contribution in [0.3, 0.4) is 0 Å². The molecular weight excluding hydrogens is 238 g/mol. The number of hydrogen-bond donors (Lipinski definition) is 1. The first kappa shape index (κ1) is 12.7. The molecule has 0 bridgehead atoms. The van der Waals surface area contributed by atoms with Crippen LogP contribution in [0.2, 0.25) is 0 Å². The van der Waals surface area contributed by atoms with Crippen LogP contribution >= 0.6 is 0 Å². The van der Waals surface area contributed by atoms with Gasteiger partial charge in [0.15, 0.2) is 0 Å². The number of pyridine rings is 1. The number of hydrogen-bond acceptors (Lipinski definition) is 4. The minimum absolute atomic E-state index is 0.363. The monoisotopic (exact) mass is 261 g/mol. The zero-order chi connectivity index (χ0) is 13.1. The molecule has 0 radical (unpaired) electrons. The summed E-state index contributed by atoms with van der Waals surface area (Å²) in [5, 5.41) is 0. The molecule has 1 saturated heterocycles. The van der Waals surface area contributed by atoms with Gasteiger partial charge in [-0.25, -0.2) is 0 Å². The Morgan fingerprint density at radius 1 is 1.21 bits per heavy atom. The standard InChI is InChI=1S/C15H23N3O/c16-13-3-6-18(7-4-13)14-9-15(11-17-10-14)19-8-5-12-1-2-12/h9-13H,1-8,16H2. The van der Waals surface area contributed by atoms with E-state index >= 15 is 0 Å². The first-order chi connectivity index (χ1) is 9.31. The summed E-state index contributed by atoms with van der Waals surface area (Å²) < 4.78 is 5.80. The second-order valence-corrected chi connectivity index (χ2v) is 5.78. The summed E-state index contributed by atoms with van der Waals surface area (Å²) in [5.41, 5.74) is 7.10. The summed E-state index contributed by atoms with van der Waals surface area (Å²) in [7, 11) is 0. The van der Waals surface area contributed by atoms with E-state index in [1.54, 1.807) is 0 Å². The van der Waals surface area contributed by atoms with Gasteiger partial charge in [-0.3, -0.25) is 4.98 Å². The highest BCUT2D eigenvalue weighted by atomic mass is 16.5. The molecule has 0 spiro atoms. The van der Waals surface area contributed by atoms with Gasteiger partial charge in [-0.2, -0.15) is 0 Å². The van der Waals surface area contributed by atoms with Crippen LogP contribution in [0.25, 0.3) is 0 Å². The molecule has 0 aromatic carbocycles. The lowest BCUT2D eigenvalue weighted by molar-refractivity contribution is 0.301. The minimum atomic E-state index is 0.363. The third-order valence-corrected chi connectivity index (χ3v) is 4.10. The summed E-state index contributed by atoms with van der Waals surface area (Å²) in [6.45, 7) is 2.86. The Morgan fingerprint density at radius 2 is 2.00 bits per heavy atom. The molecule has 1 aliphatic carbocycles. The van der Waals surface area contributed by atoms with Crippen molar-refractivity contribution in [1.29, 1.82) is 0 Å². The van der Waals surface area contributed by atoms with Crippen LogP contribution in [-0.2, 0) is 0 Å². The van der Waals surface area contributed by atoms with Crippen LogP contribution in [0.15, 0.2) is 18.5 Å². The van der Waals surface area contributed by atoms with Gasteiger partial charge >= 0.3 is 0 Å². The Labute approximate surface area is 115 Å². The van der Waals surface area contributed by atoms with Crippen molar-refractivity contribution < 1.29 is 4.74 Å². The van der Waals surface area contributed by atoms with Gasteiger partial charge in [0.2, 0.25) is 0 Å². The van der Waals surface area contributed by atoms with Crippen molar-refractivity contribution in [3.05, 3.63) is 18.5 Å². The van der Waals surface area contributed by atoms with Crippen LogP contribution < -0.4 is 15.4 Å². The van der Waals surface area contributed by atoms with Crippen LogP contribution in [0.1, 0.15) is 32.1 Å². The van der Waals surface area contributed by atoms with Gasteiger partial charge in [0.25, 0.3) is 0 Å². The Hall–Kier alpha value is -1.29. The molecule has 2 heterocycles. The molecule has 2 aliphatic rings. The molecule has 104 valence electrons. The summed E-state index contributed by atoms with van der Waals surface area (Å²) in [6, 6.07) is 2.47. The molecule has 0 atom stereocenters. The van der Waals surface area contributed by atoms with E-state index in [-0.39, 0.29) is 0 Å². The predicted molar refractivity (Wildman–Crippen MR) is 76.5 cm³/mol. The van der Waals surface area contributed by atoms with Gasteiger partial charge in [0, 0.05) is 25.2 Å². The van der Waals surface area contributed by atoms with Gasteiger partial charge in [-0.15, -0.1) is 0 Å². The highest BCUT2D eigenvalue weighted by Crippen LogP contribution is 2.32. The van der Waals surface area contributed by atoms with Crippen molar-refractivity contribution in [3.8, 4) is 5.75 Å². The van der Waals surface area contributed by atoms with E-state index in [2.05, 4.69) is 16.0 Å². The number of nitrogens with zero attached hydrogens (tertiary/aromatic N) is 2. The topological polar surface area (TPSA) is 51.4 Å². The van der Waals surface area contributed by atoms with Gasteiger partial charge in [-0.1, -0.05) is 12.8 Å². The van der Waals surface area contributed by atoms with Crippen LogP contribution in [0.5, 0.6) is 5.75 Å². The zero-order valence-electron chi connectivity index (χ0n) is 11.4. The average molecular weight is 261 g/mol. The van der Waals surface area contributed by atoms with Crippen molar-refractivity contribution >= 4 is 5.69 Å². The Bertz CT molecular complexity index is 412. The smallest absolute Gasteiger partial charge is 0.139 e. The van der Waals surface area contributed by atoms with Crippen molar-refractivity contribution in [2.24, 2.45) is 11.7 Å². The highest BCUT2D eigenvalue weighted by molar-refractivity contribution is 5.48. The molecule has 2 fully saturated rings. The maximum absolute atomic E-state index is 5.94. The maximum atomic E-state index is 5.94. The quantitative estimate of drug-likeness (QED) is 0.882. The number of ether oxygens (including phenoxy) is 1. The summed E-state index contributed by atoms with van der Waals surface area (Å²) >= 11 is 0. The first-order valence-corrected chi connectivity index (χ1v) is 7.39. The van der Waals surface area contributed by atoms with Crippen LogP contribution in [0.4, 0.5) is 5.69 Å². The van der Waals surface area contributed by atoms with E-state index in [0.29, 0.717) is 6.04 Å². The van der Waals surface area contributed by atoms with Crippen molar-refractivity contribution in [3.63, 3.8) is 0 Å². The molecule has 2 N–H and O–H groups in total. The van der Waals surface area contributed by atoms with Crippen LogP contribution in [0, 0.1) is 5.92 Å². The molecule has 1 saturated carbocycles. The molecule has 4 heteroatoms. The number of anilines is 1. The van der Waals surface area contributed by atoms with Gasteiger partial charge in [0.1, 0.15) is 5.75 Å². The SMILES string of the molecule is NC1CCN(c2cncc(OCCC3CC3)c2)CC1. The summed E-state index contributed by atoms with van der Waals surface area (Å²) in [6.07, 6.45) is 9.81. The third kappa shape index (κ3) is 3.60. The molecular formula is C15H23N3O. The molecule has 1 aromatic heterocycles. The first-order valence-electron chi connectivity index (χ1n) is 7.39. The average Bonchev–Trinajstić information content (AvgIpc) is 3.24. The molecule has 0 unspecified atom stereocenters. The van der Waals surface area contributed by atoms with Gasteiger partial charge in [-0.05, 0) is 25.2 Å². The normalized spacial score (nSPS) is 20.6. The number of aromatic nitrogens is 1. The van der Waals surface area contributed by atoms with Gasteiger partial charge in [0.05, 0.1) is 24.7 Å². The van der Waals surface area contributed by atoms with Crippen molar-refractivity contribution in [2.75, 3.05) is 24.6 Å². The zero-order valence-corrected chi connectivity index (χ0v) is 11.4.